The Hall–Kier alpha value is -0.920. The van der Waals surface area contributed by atoms with Gasteiger partial charge in [-0.25, -0.2) is 13.1 Å². The molecule has 1 aliphatic heterocycles. The molecule has 0 aromatic carbocycles. The summed E-state index contributed by atoms with van der Waals surface area (Å²) < 4.78 is 28.2. The number of piperidine rings is 1. The molecule has 7 heteroatoms. The van der Waals surface area contributed by atoms with Crippen LogP contribution in [-0.2, 0) is 10.0 Å². The second kappa shape index (κ2) is 7.14. The first-order valence-corrected chi connectivity index (χ1v) is 11.2. The Bertz CT molecular complexity index is 705. The van der Waals surface area contributed by atoms with E-state index in [4.69, 9.17) is 0 Å². The first kappa shape index (κ1) is 17.9. The minimum atomic E-state index is -3.36. The molecule has 2 aliphatic rings. The van der Waals surface area contributed by atoms with E-state index in [1.54, 1.807) is 16.2 Å². The molecule has 1 aromatic rings. The van der Waals surface area contributed by atoms with Crippen LogP contribution in [0.2, 0.25) is 0 Å². The van der Waals surface area contributed by atoms with Crippen LogP contribution in [0.1, 0.15) is 59.3 Å². The Kier molecular flexibility index (Phi) is 5.32. The van der Waals surface area contributed by atoms with Crippen LogP contribution in [0.4, 0.5) is 0 Å². The summed E-state index contributed by atoms with van der Waals surface area (Å²) >= 11 is 1.57. The summed E-state index contributed by atoms with van der Waals surface area (Å²) in [6, 6.07) is 0.0860. The molecule has 2 heterocycles. The number of aryl methyl sites for hydroxylation is 1. The van der Waals surface area contributed by atoms with E-state index in [0.717, 1.165) is 48.1 Å². The lowest BCUT2D eigenvalue weighted by Crippen LogP contribution is -2.50. The fraction of sp³-hybridized carbons (Fsp3) is 0.706. The Balaban J connectivity index is 1.69. The highest BCUT2D eigenvalue weighted by atomic mass is 32.2. The normalized spacial score (nSPS) is 22.9. The number of amides is 1. The van der Waals surface area contributed by atoms with Crippen LogP contribution in [0.15, 0.2) is 5.38 Å². The fourth-order valence-corrected chi connectivity index (χ4v) is 6.25. The first-order chi connectivity index (χ1) is 11.4. The monoisotopic (exact) mass is 370 g/mol. The van der Waals surface area contributed by atoms with Crippen LogP contribution in [0.5, 0.6) is 0 Å². The van der Waals surface area contributed by atoms with Crippen molar-refractivity contribution < 1.29 is 13.2 Å². The van der Waals surface area contributed by atoms with E-state index in [-0.39, 0.29) is 11.9 Å². The van der Waals surface area contributed by atoms with Gasteiger partial charge in [-0.3, -0.25) is 4.79 Å². The smallest absolute Gasteiger partial charge is 0.255 e. The summed E-state index contributed by atoms with van der Waals surface area (Å²) in [5.74, 6) is -0.0300. The van der Waals surface area contributed by atoms with E-state index in [1.807, 2.05) is 19.2 Å². The summed E-state index contributed by atoms with van der Waals surface area (Å²) in [6.45, 7) is 4.91. The summed E-state index contributed by atoms with van der Waals surface area (Å²) in [6.07, 6.45) is 5.43. The second-order valence-electron chi connectivity index (χ2n) is 6.99. The standard InChI is InChI=1S/C17H26N2O3S2/c1-12-13(2)23-11-16(12)17(20)19-9-5-8-15(10-19)24(21,22)18-14-6-3-4-7-14/h11,14-15,18H,3-10H2,1-2H3. The third-order valence-corrected chi connectivity index (χ3v) is 8.24. The molecule has 1 saturated carbocycles. The quantitative estimate of drug-likeness (QED) is 0.886. The lowest BCUT2D eigenvalue weighted by Gasteiger charge is -2.33. The number of rotatable bonds is 4. The zero-order chi connectivity index (χ0) is 17.3. The van der Waals surface area contributed by atoms with Crippen molar-refractivity contribution >= 4 is 27.3 Å². The number of hydrogen-bond acceptors (Lipinski definition) is 4. The number of carbonyl (C=O) groups is 1. The molecular weight excluding hydrogens is 344 g/mol. The van der Waals surface area contributed by atoms with Gasteiger partial charge in [-0.1, -0.05) is 12.8 Å². The van der Waals surface area contributed by atoms with E-state index in [2.05, 4.69) is 4.72 Å². The van der Waals surface area contributed by atoms with Gasteiger partial charge in [0.15, 0.2) is 0 Å². The van der Waals surface area contributed by atoms with Gasteiger partial charge in [0.05, 0.1) is 10.8 Å². The maximum atomic E-state index is 12.8. The average Bonchev–Trinajstić information content (AvgIpc) is 3.17. The SMILES string of the molecule is Cc1scc(C(=O)N2CCCC(S(=O)(=O)NC3CCCC3)C2)c1C. The van der Waals surface area contributed by atoms with Crippen molar-refractivity contribution in [1.82, 2.24) is 9.62 Å². The maximum Gasteiger partial charge on any atom is 0.255 e. The summed E-state index contributed by atoms with van der Waals surface area (Å²) in [5.41, 5.74) is 1.73. The zero-order valence-corrected chi connectivity index (χ0v) is 16.0. The number of nitrogens with zero attached hydrogens (tertiary/aromatic N) is 1. The molecule has 1 saturated heterocycles. The Morgan fingerprint density at radius 2 is 1.92 bits per heavy atom. The molecule has 2 fully saturated rings. The van der Waals surface area contributed by atoms with Crippen molar-refractivity contribution in [2.24, 2.45) is 0 Å². The largest absolute Gasteiger partial charge is 0.337 e. The molecule has 1 amide bonds. The van der Waals surface area contributed by atoms with Crippen molar-refractivity contribution in [3.63, 3.8) is 0 Å². The maximum absolute atomic E-state index is 12.8. The molecule has 134 valence electrons. The number of sulfonamides is 1. The van der Waals surface area contributed by atoms with Gasteiger partial charge >= 0.3 is 0 Å². The van der Waals surface area contributed by atoms with Gasteiger partial charge in [0.25, 0.3) is 5.91 Å². The molecule has 0 bridgehead atoms. The van der Waals surface area contributed by atoms with E-state index in [0.29, 0.717) is 19.5 Å². The third-order valence-electron chi connectivity index (χ3n) is 5.31. The second-order valence-corrected chi connectivity index (χ2v) is 10.1. The highest BCUT2D eigenvalue weighted by Gasteiger charge is 2.35. The highest BCUT2D eigenvalue weighted by Crippen LogP contribution is 2.26. The average molecular weight is 371 g/mol. The molecule has 1 N–H and O–H groups in total. The van der Waals surface area contributed by atoms with Crippen LogP contribution >= 0.6 is 11.3 Å². The highest BCUT2D eigenvalue weighted by molar-refractivity contribution is 7.90. The van der Waals surface area contributed by atoms with Crippen molar-refractivity contribution in [3.8, 4) is 0 Å². The molecule has 0 spiro atoms. The van der Waals surface area contributed by atoms with Crippen LogP contribution in [0.25, 0.3) is 0 Å². The summed E-state index contributed by atoms with van der Waals surface area (Å²) in [5, 5.41) is 1.40. The number of likely N-dealkylation sites (tertiary alicyclic amines) is 1. The van der Waals surface area contributed by atoms with Crippen molar-refractivity contribution in [2.75, 3.05) is 13.1 Å². The van der Waals surface area contributed by atoms with Gasteiger partial charge in [-0.2, -0.15) is 0 Å². The number of nitrogens with one attached hydrogen (secondary N) is 1. The molecule has 1 aromatic heterocycles. The minimum Gasteiger partial charge on any atom is -0.337 e. The third kappa shape index (κ3) is 3.68. The van der Waals surface area contributed by atoms with E-state index < -0.39 is 15.3 Å². The number of thiophene rings is 1. The predicted octanol–water partition coefficient (Wildman–Crippen LogP) is 2.83. The molecule has 5 nitrogen and oxygen atoms in total. The van der Waals surface area contributed by atoms with Crippen LogP contribution in [-0.4, -0.2) is 43.6 Å². The topological polar surface area (TPSA) is 66.5 Å². The molecule has 24 heavy (non-hydrogen) atoms. The molecule has 0 radical (unpaired) electrons. The molecule has 1 unspecified atom stereocenters. The van der Waals surface area contributed by atoms with Crippen molar-refractivity contribution in [2.45, 2.75) is 63.7 Å². The Morgan fingerprint density at radius 3 is 2.54 bits per heavy atom. The lowest BCUT2D eigenvalue weighted by atomic mass is 10.1. The first-order valence-electron chi connectivity index (χ1n) is 8.73. The van der Waals surface area contributed by atoms with E-state index >= 15 is 0 Å². The molecule has 1 atom stereocenters. The van der Waals surface area contributed by atoms with Crippen LogP contribution in [0, 0.1) is 13.8 Å². The van der Waals surface area contributed by atoms with Gasteiger partial charge in [0.2, 0.25) is 10.0 Å². The van der Waals surface area contributed by atoms with Crippen LogP contribution < -0.4 is 4.72 Å². The van der Waals surface area contributed by atoms with Crippen molar-refractivity contribution in [1.29, 1.82) is 0 Å². The van der Waals surface area contributed by atoms with Gasteiger partial charge in [0, 0.05) is 29.4 Å². The minimum absolute atomic E-state index is 0.0300. The number of hydrogen-bond donors (Lipinski definition) is 1. The fourth-order valence-electron chi connectivity index (χ4n) is 3.64. The van der Waals surface area contributed by atoms with E-state index in [9.17, 15) is 13.2 Å². The predicted molar refractivity (Wildman–Crippen MR) is 97.0 cm³/mol. The molecular formula is C17H26N2O3S2. The van der Waals surface area contributed by atoms with Crippen molar-refractivity contribution in [3.05, 3.63) is 21.4 Å². The zero-order valence-electron chi connectivity index (χ0n) is 14.4. The van der Waals surface area contributed by atoms with Gasteiger partial charge in [-0.15, -0.1) is 11.3 Å². The lowest BCUT2D eigenvalue weighted by molar-refractivity contribution is 0.0726. The van der Waals surface area contributed by atoms with Gasteiger partial charge < -0.3 is 4.90 Å². The Morgan fingerprint density at radius 1 is 1.21 bits per heavy atom. The van der Waals surface area contributed by atoms with E-state index in [1.165, 1.54) is 0 Å². The summed E-state index contributed by atoms with van der Waals surface area (Å²) in [4.78, 5) is 15.6. The van der Waals surface area contributed by atoms with Gasteiger partial charge in [0.1, 0.15) is 0 Å². The number of carbonyl (C=O) groups excluding carboxylic acids is 1. The van der Waals surface area contributed by atoms with Crippen LogP contribution in [0.3, 0.4) is 0 Å². The summed E-state index contributed by atoms with van der Waals surface area (Å²) in [7, 11) is -3.36. The molecule has 3 rings (SSSR count). The van der Waals surface area contributed by atoms with Gasteiger partial charge in [-0.05, 0) is 45.1 Å². The molecule has 1 aliphatic carbocycles. The Labute approximate surface area is 148 Å².